The van der Waals surface area contributed by atoms with Gasteiger partial charge in [0.15, 0.2) is 5.13 Å². The Kier molecular flexibility index (Phi) is 4.31. The van der Waals surface area contributed by atoms with Crippen LogP contribution in [-0.4, -0.2) is 49.9 Å². The molecule has 0 radical (unpaired) electrons. The molecule has 0 spiro atoms. The van der Waals surface area contributed by atoms with Crippen LogP contribution in [-0.2, 0) is 9.59 Å². The first-order valence-electron chi connectivity index (χ1n) is 7.45. The van der Waals surface area contributed by atoms with Crippen molar-refractivity contribution in [2.75, 3.05) is 11.1 Å². The number of carboxylic acids is 1. The molecule has 0 saturated carbocycles. The van der Waals surface area contributed by atoms with Gasteiger partial charge in [0.2, 0.25) is 5.91 Å². The van der Waals surface area contributed by atoms with Gasteiger partial charge in [-0.25, -0.2) is 9.78 Å². The van der Waals surface area contributed by atoms with E-state index >= 15 is 0 Å². The van der Waals surface area contributed by atoms with Crippen LogP contribution in [0.1, 0.15) is 14.5 Å². The van der Waals surface area contributed by atoms with Crippen molar-refractivity contribution >= 4 is 62.9 Å². The van der Waals surface area contributed by atoms with E-state index in [1.165, 1.54) is 45.5 Å². The number of β-lactam (4-membered cyclic amide) rings is 1. The summed E-state index contributed by atoms with van der Waals surface area (Å²) in [6, 6.07) is 2.82. The lowest BCUT2D eigenvalue weighted by Gasteiger charge is -2.47. The summed E-state index contributed by atoms with van der Waals surface area (Å²) in [6.45, 7) is 0. The molecular weight excluding hydrogens is 396 g/mol. The highest BCUT2D eigenvalue weighted by Crippen LogP contribution is 2.43. The van der Waals surface area contributed by atoms with Crippen LogP contribution in [0, 0.1) is 0 Å². The Bertz CT molecular complexity index is 937. The average molecular weight is 408 g/mol. The summed E-state index contributed by atoms with van der Waals surface area (Å²) >= 11 is 3.91. The lowest BCUT2D eigenvalue weighted by molar-refractivity contribution is -0.147. The topological polar surface area (TPSA) is 126 Å². The minimum atomic E-state index is -1.18. The number of anilines is 1. The van der Waals surface area contributed by atoms with Crippen molar-refractivity contribution in [3.63, 3.8) is 0 Å². The Labute approximate surface area is 159 Å². The third kappa shape index (κ3) is 2.72. The number of carboxylic acid groups (broad SMARTS) is 1. The molecule has 4 heterocycles. The second-order valence-electron chi connectivity index (χ2n) is 5.53. The number of aliphatic carboxylic acids is 1. The van der Waals surface area contributed by atoms with Gasteiger partial charge in [-0.3, -0.25) is 19.8 Å². The van der Waals surface area contributed by atoms with Gasteiger partial charge < -0.3 is 10.8 Å². The third-order valence-electron chi connectivity index (χ3n) is 3.98. The lowest BCUT2D eigenvalue weighted by atomic mass is 10.0. The summed E-state index contributed by atoms with van der Waals surface area (Å²) in [7, 11) is 0. The Morgan fingerprint density at radius 3 is 2.92 bits per heavy atom. The van der Waals surface area contributed by atoms with E-state index in [1.807, 2.05) is 0 Å². The number of nitrogens with two attached hydrogens (primary N) is 1. The van der Waals surface area contributed by atoms with E-state index in [1.54, 1.807) is 17.5 Å². The van der Waals surface area contributed by atoms with Gasteiger partial charge in [-0.1, -0.05) is 17.4 Å². The van der Waals surface area contributed by atoms with Crippen LogP contribution in [0.4, 0.5) is 5.13 Å². The number of hydrogen-bond acceptors (Lipinski definition) is 8. The van der Waals surface area contributed by atoms with Crippen molar-refractivity contribution < 1.29 is 19.5 Å². The molecule has 2 atom stereocenters. The molecule has 11 heteroatoms. The van der Waals surface area contributed by atoms with Gasteiger partial charge in [0.05, 0.1) is 9.75 Å². The van der Waals surface area contributed by atoms with Gasteiger partial charge in [-0.05, 0) is 11.4 Å². The minimum Gasteiger partial charge on any atom is -0.477 e. The fourth-order valence-corrected chi connectivity index (χ4v) is 5.62. The summed E-state index contributed by atoms with van der Waals surface area (Å²) in [6.07, 6.45) is 1.51. The first kappa shape index (κ1) is 17.2. The van der Waals surface area contributed by atoms with E-state index in [2.05, 4.69) is 10.3 Å². The number of rotatable bonds is 4. The zero-order valence-electron chi connectivity index (χ0n) is 13.0. The number of amides is 2. The van der Waals surface area contributed by atoms with Crippen molar-refractivity contribution in [1.29, 1.82) is 0 Å². The van der Waals surface area contributed by atoms with Crippen LogP contribution in [0.5, 0.6) is 0 Å². The maximum absolute atomic E-state index is 12.1. The molecule has 134 valence electrons. The first-order valence-corrected chi connectivity index (χ1v) is 10.2. The number of thiophene rings is 1. The normalized spacial score (nSPS) is 22.0. The first-order chi connectivity index (χ1) is 12.5. The van der Waals surface area contributed by atoms with Gasteiger partial charge >= 0.3 is 5.97 Å². The van der Waals surface area contributed by atoms with Crippen LogP contribution in [0.3, 0.4) is 0 Å². The van der Waals surface area contributed by atoms with Gasteiger partial charge in [0.25, 0.3) is 5.91 Å². The number of nitrogens with one attached hydrogen (secondary N) is 1. The van der Waals surface area contributed by atoms with Crippen molar-refractivity contribution in [3.8, 4) is 0 Å². The molecule has 4 N–H and O–H groups in total. The second kappa shape index (κ2) is 6.50. The Balaban J connectivity index is 1.62. The number of hydrogen-bond donors (Lipinski definition) is 3. The van der Waals surface area contributed by atoms with E-state index < -0.39 is 17.9 Å². The van der Waals surface area contributed by atoms with Gasteiger partial charge in [0, 0.05) is 17.5 Å². The van der Waals surface area contributed by atoms with E-state index in [0.717, 1.165) is 0 Å². The zero-order chi connectivity index (χ0) is 18.4. The fraction of sp³-hybridized carbons (Fsp3) is 0.200. The number of nitrogens with zero attached hydrogens (tertiary/aromatic N) is 2. The van der Waals surface area contributed by atoms with E-state index in [9.17, 15) is 19.5 Å². The van der Waals surface area contributed by atoms with E-state index in [-0.39, 0.29) is 17.0 Å². The number of fused-ring (bicyclic) bond motifs is 1. The number of thioether (sulfide) groups is 1. The van der Waals surface area contributed by atoms with Gasteiger partial charge in [0.1, 0.15) is 17.1 Å². The van der Waals surface area contributed by atoms with Gasteiger partial charge in [-0.2, -0.15) is 0 Å². The highest BCUT2D eigenvalue weighted by atomic mass is 32.2. The van der Waals surface area contributed by atoms with Crippen molar-refractivity contribution in [2.24, 2.45) is 5.73 Å². The molecule has 8 nitrogen and oxygen atoms in total. The molecule has 26 heavy (non-hydrogen) atoms. The second-order valence-corrected chi connectivity index (χ2v) is 8.61. The number of carbonyl (C=O) groups is 3. The molecule has 1 fully saturated rings. The quantitative estimate of drug-likeness (QED) is 0.655. The standard InChI is InChI=1S/C15H12N4O4S3/c16-9-12(21)19-10(14(22)23)6(5-25-13(9)19)8-4-17-15(26-8)18-11(20)7-2-1-3-24-7/h1-4,9,13H,5,16H2,(H,22,23)(H,17,18,20). The number of carbonyl (C=O) groups excluding carboxylic acids is 2. The molecule has 2 amide bonds. The Morgan fingerprint density at radius 2 is 2.23 bits per heavy atom. The average Bonchev–Trinajstić information content (AvgIpc) is 3.31. The molecule has 2 unspecified atom stereocenters. The predicted molar refractivity (Wildman–Crippen MR) is 100 cm³/mol. The summed E-state index contributed by atoms with van der Waals surface area (Å²) in [4.78, 5) is 42.4. The predicted octanol–water partition coefficient (Wildman–Crippen LogP) is 1.50. The van der Waals surface area contributed by atoms with E-state index in [4.69, 9.17) is 5.73 Å². The van der Waals surface area contributed by atoms with Crippen molar-refractivity contribution in [1.82, 2.24) is 9.88 Å². The Morgan fingerprint density at radius 1 is 1.42 bits per heavy atom. The molecule has 4 rings (SSSR count). The summed E-state index contributed by atoms with van der Waals surface area (Å²) in [5, 5.41) is 14.1. The minimum absolute atomic E-state index is 0.0553. The molecule has 2 aliphatic heterocycles. The SMILES string of the molecule is NC1C(=O)N2C(C(=O)O)=C(c3cnc(NC(=O)c4cccs4)s3)CSC12. The van der Waals surface area contributed by atoms with Crippen molar-refractivity contribution in [3.05, 3.63) is 39.2 Å². The lowest BCUT2D eigenvalue weighted by Crippen LogP contribution is -2.68. The highest BCUT2D eigenvalue weighted by Gasteiger charge is 2.52. The molecule has 0 aliphatic carbocycles. The fourth-order valence-electron chi connectivity index (χ4n) is 2.74. The molecule has 1 saturated heterocycles. The smallest absolute Gasteiger partial charge is 0.353 e. The third-order valence-corrected chi connectivity index (χ3v) is 7.12. The Hall–Kier alpha value is -2.21. The van der Waals surface area contributed by atoms with Crippen molar-refractivity contribution in [2.45, 2.75) is 11.4 Å². The zero-order valence-corrected chi connectivity index (χ0v) is 15.5. The largest absolute Gasteiger partial charge is 0.477 e. The highest BCUT2D eigenvalue weighted by molar-refractivity contribution is 8.00. The molecular formula is C15H12N4O4S3. The molecule has 0 bridgehead atoms. The van der Waals surface area contributed by atoms with Gasteiger partial charge in [-0.15, -0.1) is 23.1 Å². The molecule has 0 aromatic carbocycles. The number of aromatic nitrogens is 1. The number of thiazole rings is 1. The molecule has 2 aromatic heterocycles. The van der Waals surface area contributed by atoms with Crippen LogP contribution < -0.4 is 11.1 Å². The summed E-state index contributed by atoms with van der Waals surface area (Å²) < 4.78 is 0. The van der Waals surface area contributed by atoms with E-state index in [0.29, 0.717) is 26.2 Å². The van der Waals surface area contributed by atoms with Crippen LogP contribution >= 0.6 is 34.4 Å². The maximum atomic E-state index is 12.1. The molecule has 2 aromatic rings. The van der Waals surface area contributed by atoms with Crippen LogP contribution in [0.25, 0.3) is 5.57 Å². The summed E-state index contributed by atoms with van der Waals surface area (Å²) in [5.74, 6) is -1.43. The van der Waals surface area contributed by atoms with Crippen LogP contribution in [0.15, 0.2) is 29.4 Å². The molecule has 2 aliphatic rings. The van der Waals surface area contributed by atoms with Crippen LogP contribution in [0.2, 0.25) is 0 Å². The monoisotopic (exact) mass is 408 g/mol. The summed E-state index contributed by atoms with van der Waals surface area (Å²) in [5.41, 5.74) is 6.20. The maximum Gasteiger partial charge on any atom is 0.353 e.